The number of hydrogen-bond donors (Lipinski definition) is 0. The molecule has 2 rings (SSSR count). The number of piperazine rings is 1. The third-order valence-corrected chi connectivity index (χ3v) is 4.58. The van der Waals surface area contributed by atoms with Crippen LogP contribution in [0.1, 0.15) is 19.4 Å². The highest BCUT2D eigenvalue weighted by atomic mass is 35.5. The Hall–Kier alpha value is -1.03. The molecule has 0 aromatic heterocycles. The lowest BCUT2D eigenvalue weighted by Crippen LogP contribution is -2.50. The molecule has 1 fully saturated rings. The lowest BCUT2D eigenvalue weighted by atomic mass is 10.2. The number of hydrogen-bond acceptors (Lipinski definition) is 2. The molecule has 114 valence electrons. The minimum atomic E-state index is 0.0226. The smallest absolute Gasteiger partial charge is 0.246 e. The van der Waals surface area contributed by atoms with E-state index >= 15 is 0 Å². The Labute approximate surface area is 136 Å². The van der Waals surface area contributed by atoms with Gasteiger partial charge in [-0.15, -0.1) is 0 Å². The Morgan fingerprint density at radius 3 is 2.48 bits per heavy atom. The average Bonchev–Trinajstić information content (AvgIpc) is 2.48. The summed E-state index contributed by atoms with van der Waals surface area (Å²) in [7, 11) is 0. The van der Waals surface area contributed by atoms with Gasteiger partial charge in [0.2, 0.25) is 5.91 Å². The Kier molecular flexibility index (Phi) is 5.68. The fraction of sp³-hybridized carbons (Fsp3) is 0.438. The van der Waals surface area contributed by atoms with Crippen molar-refractivity contribution < 1.29 is 4.79 Å². The van der Waals surface area contributed by atoms with E-state index in [1.165, 1.54) is 0 Å². The van der Waals surface area contributed by atoms with E-state index in [-0.39, 0.29) is 5.91 Å². The molecule has 0 bridgehead atoms. The van der Waals surface area contributed by atoms with Crippen molar-refractivity contribution in [3.8, 4) is 0 Å². The first-order valence-corrected chi connectivity index (χ1v) is 7.89. The molecule has 21 heavy (non-hydrogen) atoms. The normalized spacial score (nSPS) is 16.9. The monoisotopic (exact) mass is 326 g/mol. The molecule has 0 aliphatic carbocycles. The molecule has 0 spiro atoms. The Morgan fingerprint density at radius 1 is 1.19 bits per heavy atom. The first-order valence-electron chi connectivity index (χ1n) is 7.14. The van der Waals surface area contributed by atoms with Crippen LogP contribution in [0, 0.1) is 0 Å². The molecule has 1 aliphatic rings. The highest BCUT2D eigenvalue weighted by Crippen LogP contribution is 2.26. The quantitative estimate of drug-likeness (QED) is 0.793. The number of rotatable bonds is 3. The molecule has 1 heterocycles. The van der Waals surface area contributed by atoms with Crippen LogP contribution in [-0.2, 0) is 4.79 Å². The van der Waals surface area contributed by atoms with Gasteiger partial charge in [-0.05, 0) is 31.6 Å². The predicted octanol–water partition coefficient (Wildman–Crippen LogP) is 3.56. The molecular formula is C16H20Cl2N2O. The number of halogens is 2. The maximum atomic E-state index is 12.2. The third-order valence-electron chi connectivity index (χ3n) is 3.74. The average molecular weight is 327 g/mol. The summed E-state index contributed by atoms with van der Waals surface area (Å²) in [5.74, 6) is 0.0226. The van der Waals surface area contributed by atoms with Crippen molar-refractivity contribution in [3.63, 3.8) is 0 Å². The molecule has 5 heteroatoms. The summed E-state index contributed by atoms with van der Waals surface area (Å²) in [4.78, 5) is 16.4. The molecule has 0 atom stereocenters. The van der Waals surface area contributed by atoms with E-state index in [9.17, 15) is 4.79 Å². The first-order chi connectivity index (χ1) is 9.99. The third kappa shape index (κ3) is 4.22. The highest BCUT2D eigenvalue weighted by molar-refractivity contribution is 6.42. The van der Waals surface area contributed by atoms with Crippen molar-refractivity contribution in [3.05, 3.63) is 39.9 Å². The van der Waals surface area contributed by atoms with Crippen molar-refractivity contribution in [1.29, 1.82) is 0 Å². The van der Waals surface area contributed by atoms with Gasteiger partial charge in [-0.2, -0.15) is 0 Å². The van der Waals surface area contributed by atoms with Gasteiger partial charge in [-0.1, -0.05) is 35.3 Å². The number of benzene rings is 1. The van der Waals surface area contributed by atoms with Crippen LogP contribution in [0.25, 0.3) is 6.08 Å². The van der Waals surface area contributed by atoms with Crippen molar-refractivity contribution in [2.75, 3.05) is 26.2 Å². The van der Waals surface area contributed by atoms with E-state index in [1.807, 2.05) is 17.0 Å². The molecule has 1 saturated heterocycles. The van der Waals surface area contributed by atoms with E-state index in [2.05, 4.69) is 18.7 Å². The summed E-state index contributed by atoms with van der Waals surface area (Å²) in [5.41, 5.74) is 0.762. The van der Waals surface area contributed by atoms with E-state index < -0.39 is 0 Å². The fourth-order valence-electron chi connectivity index (χ4n) is 2.37. The molecule has 3 nitrogen and oxygen atoms in total. The lowest BCUT2D eigenvalue weighted by molar-refractivity contribution is -0.127. The Balaban J connectivity index is 1.96. The van der Waals surface area contributed by atoms with E-state index in [0.29, 0.717) is 16.1 Å². The van der Waals surface area contributed by atoms with Gasteiger partial charge in [-0.25, -0.2) is 0 Å². The first kappa shape index (κ1) is 16.3. The van der Waals surface area contributed by atoms with Crippen LogP contribution in [0.5, 0.6) is 0 Å². The maximum absolute atomic E-state index is 12.2. The maximum Gasteiger partial charge on any atom is 0.246 e. The summed E-state index contributed by atoms with van der Waals surface area (Å²) < 4.78 is 0. The SMILES string of the molecule is CC(C)N1CCN(C(=O)/C=C/c2cccc(Cl)c2Cl)CC1. The van der Waals surface area contributed by atoms with E-state index in [4.69, 9.17) is 23.2 Å². The Morgan fingerprint density at radius 2 is 1.86 bits per heavy atom. The summed E-state index contributed by atoms with van der Waals surface area (Å²) in [5, 5.41) is 0.977. The van der Waals surface area contributed by atoms with Crippen LogP contribution in [0.15, 0.2) is 24.3 Å². The summed E-state index contributed by atoms with van der Waals surface area (Å²) in [6, 6.07) is 5.92. The second-order valence-corrected chi connectivity index (χ2v) is 6.22. The van der Waals surface area contributed by atoms with Gasteiger partial charge in [-0.3, -0.25) is 9.69 Å². The van der Waals surface area contributed by atoms with Crippen molar-refractivity contribution >= 4 is 35.2 Å². The van der Waals surface area contributed by atoms with Crippen LogP contribution in [0.2, 0.25) is 10.0 Å². The zero-order valence-corrected chi connectivity index (χ0v) is 13.9. The number of amides is 1. The zero-order chi connectivity index (χ0) is 15.4. The van der Waals surface area contributed by atoms with Crippen LogP contribution in [0.4, 0.5) is 0 Å². The molecule has 0 saturated carbocycles. The molecular weight excluding hydrogens is 307 g/mol. The molecule has 0 N–H and O–H groups in total. The van der Waals surface area contributed by atoms with Gasteiger partial charge in [0.25, 0.3) is 0 Å². The number of nitrogens with zero attached hydrogens (tertiary/aromatic N) is 2. The van der Waals surface area contributed by atoms with Gasteiger partial charge >= 0.3 is 0 Å². The molecule has 1 aromatic rings. The van der Waals surface area contributed by atoms with Crippen LogP contribution in [-0.4, -0.2) is 47.9 Å². The molecule has 0 unspecified atom stereocenters. The minimum Gasteiger partial charge on any atom is -0.337 e. The minimum absolute atomic E-state index is 0.0226. The molecule has 1 aliphatic heterocycles. The summed E-state index contributed by atoms with van der Waals surface area (Å²) in [6.45, 7) is 7.75. The Bertz CT molecular complexity index is 535. The van der Waals surface area contributed by atoms with Crippen LogP contribution >= 0.6 is 23.2 Å². The fourth-order valence-corrected chi connectivity index (χ4v) is 2.75. The van der Waals surface area contributed by atoms with Crippen molar-refractivity contribution in [2.45, 2.75) is 19.9 Å². The van der Waals surface area contributed by atoms with Crippen LogP contribution in [0.3, 0.4) is 0 Å². The zero-order valence-electron chi connectivity index (χ0n) is 12.4. The summed E-state index contributed by atoms with van der Waals surface area (Å²) >= 11 is 12.1. The van der Waals surface area contributed by atoms with Gasteiger partial charge < -0.3 is 4.90 Å². The predicted molar refractivity (Wildman–Crippen MR) is 88.8 cm³/mol. The van der Waals surface area contributed by atoms with Crippen LogP contribution < -0.4 is 0 Å². The van der Waals surface area contributed by atoms with Gasteiger partial charge in [0.1, 0.15) is 0 Å². The highest BCUT2D eigenvalue weighted by Gasteiger charge is 2.20. The second kappa shape index (κ2) is 7.30. The van der Waals surface area contributed by atoms with Gasteiger partial charge in [0.15, 0.2) is 0 Å². The van der Waals surface area contributed by atoms with Gasteiger partial charge in [0, 0.05) is 38.3 Å². The lowest BCUT2D eigenvalue weighted by Gasteiger charge is -2.36. The number of carbonyl (C=O) groups is 1. The second-order valence-electron chi connectivity index (χ2n) is 5.43. The number of carbonyl (C=O) groups excluding carboxylic acids is 1. The van der Waals surface area contributed by atoms with Gasteiger partial charge in [0.05, 0.1) is 10.0 Å². The molecule has 1 amide bonds. The molecule has 0 radical (unpaired) electrons. The molecule has 1 aromatic carbocycles. The largest absolute Gasteiger partial charge is 0.337 e. The topological polar surface area (TPSA) is 23.6 Å². The summed E-state index contributed by atoms with van der Waals surface area (Å²) in [6.07, 6.45) is 3.30. The standard InChI is InChI=1S/C16H20Cl2N2O/c1-12(2)19-8-10-20(11-9-19)15(21)7-6-13-4-3-5-14(17)16(13)18/h3-7,12H,8-11H2,1-2H3/b7-6+. The van der Waals surface area contributed by atoms with E-state index in [1.54, 1.807) is 18.2 Å². The van der Waals surface area contributed by atoms with Crippen molar-refractivity contribution in [2.24, 2.45) is 0 Å². The van der Waals surface area contributed by atoms with Crippen molar-refractivity contribution in [1.82, 2.24) is 9.80 Å². The van der Waals surface area contributed by atoms with E-state index in [0.717, 1.165) is 31.7 Å².